The normalized spacial score (nSPS) is 14.6. The molecular weight excluding hydrogens is 557 g/mol. The molecule has 0 heterocycles. The number of carbonyl (C=O) groups excluding carboxylic acids is 3. The number of nitrogens with one attached hydrogen (secondary N) is 3. The molecule has 0 aliphatic carbocycles. The summed E-state index contributed by atoms with van der Waals surface area (Å²) in [7, 11) is 3.41. The molecule has 1 rings (SSSR count). The summed E-state index contributed by atoms with van der Waals surface area (Å²) in [6.45, 7) is 15.2. The standard InChI is InChI=1S/C27H44N4O4.C2HF3O2/c1-17(2)20(16-18(3)23(32)30-35)31(10)25(34)22(26(4,5)6)29-24(33)21(28-9)27(7,8)19-14-12-11-13-15-19;3-2(4,5)1(6)7/h11-17,20-22,28,35H,1-10H3,(H,29,33)(H,30,32);(H,6,7)/b18-16+;/t20-,21-,22-;/m1./s1. The second-order valence-electron chi connectivity index (χ2n) is 11.9. The molecular formula is C29H45F3N4O6. The van der Waals surface area contributed by atoms with Crippen molar-refractivity contribution in [3.8, 4) is 0 Å². The zero-order valence-electron chi connectivity index (χ0n) is 25.9. The monoisotopic (exact) mass is 602 g/mol. The lowest BCUT2D eigenvalue weighted by Crippen LogP contribution is -2.61. The predicted octanol–water partition coefficient (Wildman–Crippen LogP) is 3.65. The van der Waals surface area contributed by atoms with Crippen molar-refractivity contribution in [2.75, 3.05) is 14.1 Å². The van der Waals surface area contributed by atoms with Gasteiger partial charge in [-0.2, -0.15) is 13.2 Å². The van der Waals surface area contributed by atoms with Gasteiger partial charge in [-0.3, -0.25) is 19.6 Å². The van der Waals surface area contributed by atoms with Crippen LogP contribution in [-0.2, 0) is 24.6 Å². The highest BCUT2D eigenvalue weighted by Crippen LogP contribution is 2.29. The van der Waals surface area contributed by atoms with Crippen LogP contribution in [0.15, 0.2) is 42.0 Å². The van der Waals surface area contributed by atoms with E-state index in [0.29, 0.717) is 5.57 Å². The zero-order chi connectivity index (χ0) is 33.2. The van der Waals surface area contributed by atoms with Crippen molar-refractivity contribution in [3.05, 3.63) is 47.5 Å². The van der Waals surface area contributed by atoms with Gasteiger partial charge < -0.3 is 20.6 Å². The molecule has 0 radical (unpaired) electrons. The van der Waals surface area contributed by atoms with E-state index in [2.05, 4.69) is 10.6 Å². The van der Waals surface area contributed by atoms with Gasteiger partial charge in [-0.15, -0.1) is 0 Å². The van der Waals surface area contributed by atoms with Crippen LogP contribution in [0.25, 0.3) is 0 Å². The Morgan fingerprint density at radius 2 is 1.43 bits per heavy atom. The Morgan fingerprint density at radius 3 is 1.79 bits per heavy atom. The molecule has 5 N–H and O–H groups in total. The maximum atomic E-state index is 13.7. The summed E-state index contributed by atoms with van der Waals surface area (Å²) in [5.74, 6) is -3.92. The van der Waals surface area contributed by atoms with Gasteiger partial charge in [0.2, 0.25) is 11.8 Å². The number of benzene rings is 1. The molecule has 0 aliphatic heterocycles. The van der Waals surface area contributed by atoms with Gasteiger partial charge >= 0.3 is 12.1 Å². The lowest BCUT2D eigenvalue weighted by atomic mass is 9.76. The molecule has 0 fully saturated rings. The predicted molar refractivity (Wildman–Crippen MR) is 152 cm³/mol. The molecule has 3 atom stereocenters. The van der Waals surface area contributed by atoms with Crippen LogP contribution in [0, 0.1) is 11.3 Å². The van der Waals surface area contributed by atoms with Crippen molar-refractivity contribution < 1.29 is 42.7 Å². The quantitative estimate of drug-likeness (QED) is 0.156. The maximum Gasteiger partial charge on any atom is 0.490 e. The molecule has 1 aromatic carbocycles. The van der Waals surface area contributed by atoms with E-state index in [9.17, 15) is 27.6 Å². The van der Waals surface area contributed by atoms with Crippen molar-refractivity contribution in [1.82, 2.24) is 21.0 Å². The Bertz CT molecular complexity index is 1100. The summed E-state index contributed by atoms with van der Waals surface area (Å²) in [4.78, 5) is 49.6. The van der Waals surface area contributed by atoms with Crippen molar-refractivity contribution in [2.45, 2.75) is 85.1 Å². The van der Waals surface area contributed by atoms with Gasteiger partial charge in [0.15, 0.2) is 0 Å². The number of aliphatic carboxylic acids is 1. The second-order valence-corrected chi connectivity index (χ2v) is 11.9. The van der Waals surface area contributed by atoms with Crippen LogP contribution in [0.5, 0.6) is 0 Å². The molecule has 0 unspecified atom stereocenters. The number of likely N-dealkylation sites (N-methyl/N-ethyl adjacent to an activating group) is 2. The summed E-state index contributed by atoms with van der Waals surface area (Å²) in [5, 5.41) is 22.2. The molecule has 0 saturated heterocycles. The molecule has 238 valence electrons. The van der Waals surface area contributed by atoms with Crippen LogP contribution in [0.1, 0.15) is 61.0 Å². The first kappa shape index (κ1) is 38.6. The summed E-state index contributed by atoms with van der Waals surface area (Å²) in [6, 6.07) is 8.00. The van der Waals surface area contributed by atoms with Crippen molar-refractivity contribution in [2.24, 2.45) is 11.3 Å². The number of carboxylic acid groups (broad SMARTS) is 1. The number of nitrogens with zero attached hydrogens (tertiary/aromatic N) is 1. The van der Waals surface area contributed by atoms with Gasteiger partial charge in [0, 0.05) is 18.0 Å². The fraction of sp³-hybridized carbons (Fsp3) is 0.586. The van der Waals surface area contributed by atoms with Crippen LogP contribution < -0.4 is 16.1 Å². The van der Waals surface area contributed by atoms with Crippen molar-refractivity contribution in [1.29, 1.82) is 0 Å². The number of hydroxylamine groups is 1. The van der Waals surface area contributed by atoms with E-state index in [0.717, 1.165) is 5.56 Å². The molecule has 0 aliphatic rings. The Hall–Kier alpha value is -3.45. The number of rotatable bonds is 10. The average Bonchev–Trinajstić information content (AvgIpc) is 2.88. The summed E-state index contributed by atoms with van der Waals surface area (Å²) in [6.07, 6.45) is -3.43. The van der Waals surface area contributed by atoms with Gasteiger partial charge in [-0.1, -0.05) is 84.9 Å². The average molecular weight is 603 g/mol. The van der Waals surface area contributed by atoms with Crippen molar-refractivity contribution in [3.63, 3.8) is 0 Å². The summed E-state index contributed by atoms with van der Waals surface area (Å²) < 4.78 is 31.7. The number of halogens is 3. The minimum absolute atomic E-state index is 0.0104. The molecule has 10 nitrogen and oxygen atoms in total. The van der Waals surface area contributed by atoms with Crippen LogP contribution in [0.3, 0.4) is 0 Å². The first-order valence-corrected chi connectivity index (χ1v) is 13.3. The third-order valence-corrected chi connectivity index (χ3v) is 6.79. The Labute approximate surface area is 245 Å². The number of amides is 3. The van der Waals surface area contributed by atoms with E-state index in [1.54, 1.807) is 37.5 Å². The number of alkyl halides is 3. The van der Waals surface area contributed by atoms with Crippen molar-refractivity contribution >= 4 is 23.7 Å². The van der Waals surface area contributed by atoms with Gasteiger partial charge in [0.25, 0.3) is 5.91 Å². The molecule has 1 aromatic rings. The molecule has 0 spiro atoms. The molecule has 3 amide bonds. The van der Waals surface area contributed by atoms with Gasteiger partial charge in [0.05, 0.1) is 12.1 Å². The topological polar surface area (TPSA) is 148 Å². The second kappa shape index (κ2) is 15.7. The number of hydrogen-bond donors (Lipinski definition) is 5. The summed E-state index contributed by atoms with van der Waals surface area (Å²) >= 11 is 0. The summed E-state index contributed by atoms with van der Waals surface area (Å²) in [5.41, 5.74) is 1.82. The highest BCUT2D eigenvalue weighted by atomic mass is 19.4. The first-order valence-electron chi connectivity index (χ1n) is 13.3. The maximum absolute atomic E-state index is 13.7. The minimum atomic E-state index is -5.08. The first-order chi connectivity index (χ1) is 19.0. The largest absolute Gasteiger partial charge is 0.490 e. The van der Waals surface area contributed by atoms with E-state index in [1.165, 1.54) is 0 Å². The molecule has 13 heteroatoms. The van der Waals surface area contributed by atoms with Crippen LogP contribution in [-0.4, -0.2) is 77.3 Å². The Morgan fingerprint density at radius 1 is 0.952 bits per heavy atom. The fourth-order valence-electron chi connectivity index (χ4n) is 4.25. The molecule has 0 aromatic heterocycles. The third kappa shape index (κ3) is 11.1. The highest BCUT2D eigenvalue weighted by Gasteiger charge is 2.41. The van der Waals surface area contributed by atoms with Crippen LogP contribution in [0.4, 0.5) is 13.2 Å². The van der Waals surface area contributed by atoms with E-state index in [1.807, 2.05) is 78.8 Å². The zero-order valence-corrected chi connectivity index (χ0v) is 25.9. The van der Waals surface area contributed by atoms with E-state index >= 15 is 0 Å². The third-order valence-electron chi connectivity index (χ3n) is 6.79. The highest BCUT2D eigenvalue weighted by molar-refractivity contribution is 5.93. The molecule has 0 bridgehead atoms. The lowest BCUT2D eigenvalue weighted by Gasteiger charge is -2.40. The number of hydrogen-bond acceptors (Lipinski definition) is 6. The Kier molecular flexibility index (Phi) is 14.4. The van der Waals surface area contributed by atoms with Gasteiger partial charge in [-0.05, 0) is 30.9 Å². The smallest absolute Gasteiger partial charge is 0.475 e. The van der Waals surface area contributed by atoms with Crippen LogP contribution >= 0.6 is 0 Å². The minimum Gasteiger partial charge on any atom is -0.475 e. The number of carboxylic acids is 1. The van der Waals surface area contributed by atoms with Gasteiger partial charge in [-0.25, -0.2) is 10.3 Å². The Balaban J connectivity index is 0.00000212. The van der Waals surface area contributed by atoms with Gasteiger partial charge in [0.1, 0.15) is 6.04 Å². The fourth-order valence-corrected chi connectivity index (χ4v) is 4.25. The van der Waals surface area contributed by atoms with E-state index in [4.69, 9.17) is 15.1 Å². The molecule has 0 saturated carbocycles. The number of carbonyl (C=O) groups is 4. The SMILES string of the molecule is CN[C@H](C(=O)N[C@H](C(=O)N(C)[C@H](/C=C(\C)C(=O)NO)C(C)C)C(C)(C)C)C(C)(C)c1ccccc1.O=C(O)C(F)(F)F. The van der Waals surface area contributed by atoms with E-state index in [-0.39, 0.29) is 17.7 Å². The molecule has 42 heavy (non-hydrogen) atoms. The lowest BCUT2D eigenvalue weighted by molar-refractivity contribution is -0.192. The van der Waals surface area contributed by atoms with Crippen LogP contribution in [0.2, 0.25) is 0 Å². The van der Waals surface area contributed by atoms with E-state index < -0.39 is 47.0 Å².